The maximum Gasteiger partial charge on any atom is 0.191 e. The van der Waals surface area contributed by atoms with E-state index in [0.29, 0.717) is 12.6 Å². The first-order valence-corrected chi connectivity index (χ1v) is 10.7. The van der Waals surface area contributed by atoms with Gasteiger partial charge in [0.25, 0.3) is 0 Å². The first-order valence-electron chi connectivity index (χ1n) is 9.84. The van der Waals surface area contributed by atoms with Gasteiger partial charge in [0.1, 0.15) is 6.54 Å². The fourth-order valence-electron chi connectivity index (χ4n) is 3.51. The molecule has 4 rings (SSSR count). The van der Waals surface area contributed by atoms with Gasteiger partial charge in [-0.3, -0.25) is 9.30 Å². The second-order valence-corrected chi connectivity index (χ2v) is 8.06. The summed E-state index contributed by atoms with van der Waals surface area (Å²) in [5.74, 6) is 1.65. The molecule has 1 unspecified atom stereocenters. The fourth-order valence-corrected chi connectivity index (χ4v) is 4.40. The van der Waals surface area contributed by atoms with Crippen LogP contribution in [0.2, 0.25) is 0 Å². The predicted molar refractivity (Wildman–Crippen MR) is 114 cm³/mol. The maximum atomic E-state index is 4.71. The molecule has 148 valence electrons. The second-order valence-electron chi connectivity index (χ2n) is 7.06. The van der Waals surface area contributed by atoms with E-state index in [0.717, 1.165) is 50.0 Å². The molecule has 2 N–H and O–H groups in total. The Kier molecular flexibility index (Phi) is 5.87. The average molecular weight is 398 g/mol. The summed E-state index contributed by atoms with van der Waals surface area (Å²) in [6, 6.07) is 8.59. The number of hydrogen-bond acceptors (Lipinski definition) is 5. The van der Waals surface area contributed by atoms with Gasteiger partial charge >= 0.3 is 0 Å². The molecule has 0 aromatic carbocycles. The summed E-state index contributed by atoms with van der Waals surface area (Å²) in [4.78, 5) is 8.79. The van der Waals surface area contributed by atoms with E-state index in [1.165, 1.54) is 5.56 Å². The van der Waals surface area contributed by atoms with Crippen LogP contribution in [0.5, 0.6) is 0 Å². The molecular weight excluding hydrogens is 370 g/mol. The fraction of sp³-hybridized carbons (Fsp3) is 0.450. The van der Waals surface area contributed by atoms with Crippen molar-refractivity contribution in [3.63, 3.8) is 0 Å². The highest BCUT2D eigenvalue weighted by atomic mass is 32.1. The van der Waals surface area contributed by atoms with Crippen LogP contribution < -0.4 is 10.6 Å². The molecule has 0 fully saturated rings. The standard InChI is InChI=1S/C20H27N7S/c1-3-21-20(23-13-19-25-24-18-6-4-5-9-27(18)19)22-12-15(2)26-10-7-17-16(14-26)8-11-28-17/h4-6,8-9,11,15H,3,7,10,12-14H2,1-2H3,(H2,21,22,23). The number of aromatic nitrogens is 3. The molecule has 0 saturated carbocycles. The SMILES string of the molecule is CCNC(=NCc1nnc2ccccn12)NCC(C)N1CCc2sccc2C1. The number of fused-ring (bicyclic) bond motifs is 2. The van der Waals surface area contributed by atoms with E-state index in [4.69, 9.17) is 4.99 Å². The molecule has 8 heteroatoms. The van der Waals surface area contributed by atoms with Crippen LogP contribution in [-0.2, 0) is 19.5 Å². The molecule has 4 heterocycles. The van der Waals surface area contributed by atoms with Gasteiger partial charge in [-0.25, -0.2) is 4.99 Å². The number of rotatable bonds is 6. The second kappa shape index (κ2) is 8.70. The van der Waals surface area contributed by atoms with Gasteiger partial charge < -0.3 is 10.6 Å². The van der Waals surface area contributed by atoms with Crippen molar-refractivity contribution in [3.05, 3.63) is 52.1 Å². The Morgan fingerprint density at radius 1 is 1.29 bits per heavy atom. The molecule has 1 aliphatic heterocycles. The lowest BCUT2D eigenvalue weighted by Crippen LogP contribution is -2.47. The number of hydrogen-bond donors (Lipinski definition) is 2. The number of guanidine groups is 1. The van der Waals surface area contributed by atoms with Crippen LogP contribution in [0, 0.1) is 0 Å². The van der Waals surface area contributed by atoms with Crippen molar-refractivity contribution in [1.82, 2.24) is 30.1 Å². The van der Waals surface area contributed by atoms with Crippen LogP contribution in [0.1, 0.15) is 30.1 Å². The number of nitrogens with zero attached hydrogens (tertiary/aromatic N) is 5. The van der Waals surface area contributed by atoms with E-state index in [1.807, 2.05) is 40.1 Å². The molecule has 3 aromatic rings. The summed E-state index contributed by atoms with van der Waals surface area (Å²) in [5.41, 5.74) is 2.33. The van der Waals surface area contributed by atoms with Gasteiger partial charge in [0.05, 0.1) is 0 Å². The predicted octanol–water partition coefficient (Wildman–Crippen LogP) is 2.29. The number of pyridine rings is 1. The number of aliphatic imine (C=N–C) groups is 1. The maximum absolute atomic E-state index is 4.71. The Labute approximate surface area is 169 Å². The number of thiophene rings is 1. The Bertz CT molecular complexity index is 945. The van der Waals surface area contributed by atoms with E-state index in [-0.39, 0.29) is 0 Å². The van der Waals surface area contributed by atoms with Gasteiger partial charge in [-0.2, -0.15) is 0 Å². The van der Waals surface area contributed by atoms with Crippen molar-refractivity contribution < 1.29 is 0 Å². The van der Waals surface area contributed by atoms with E-state index in [9.17, 15) is 0 Å². The lowest BCUT2D eigenvalue weighted by Gasteiger charge is -2.32. The molecule has 0 saturated heterocycles. The summed E-state index contributed by atoms with van der Waals surface area (Å²) in [7, 11) is 0. The smallest absolute Gasteiger partial charge is 0.191 e. The molecule has 0 radical (unpaired) electrons. The normalized spacial score (nSPS) is 16.1. The van der Waals surface area contributed by atoms with E-state index in [2.05, 4.69) is 51.0 Å². The molecule has 28 heavy (non-hydrogen) atoms. The molecular formula is C20H27N7S. The van der Waals surface area contributed by atoms with Crippen molar-refractivity contribution in [2.45, 2.75) is 39.4 Å². The van der Waals surface area contributed by atoms with Gasteiger partial charge in [0.15, 0.2) is 17.4 Å². The van der Waals surface area contributed by atoms with E-state index >= 15 is 0 Å². The Hall–Kier alpha value is -2.45. The Morgan fingerprint density at radius 3 is 3.11 bits per heavy atom. The third kappa shape index (κ3) is 4.18. The summed E-state index contributed by atoms with van der Waals surface area (Å²) < 4.78 is 1.97. The minimum Gasteiger partial charge on any atom is -0.357 e. The topological polar surface area (TPSA) is 69.8 Å². The zero-order valence-electron chi connectivity index (χ0n) is 16.4. The largest absolute Gasteiger partial charge is 0.357 e. The average Bonchev–Trinajstić information content (AvgIpc) is 3.36. The van der Waals surface area contributed by atoms with Gasteiger partial charge in [0.2, 0.25) is 0 Å². The van der Waals surface area contributed by atoms with E-state index in [1.54, 1.807) is 4.88 Å². The Morgan fingerprint density at radius 2 is 2.21 bits per heavy atom. The minimum atomic E-state index is 0.436. The van der Waals surface area contributed by atoms with Crippen molar-refractivity contribution >= 4 is 22.9 Å². The Balaban J connectivity index is 1.36. The van der Waals surface area contributed by atoms with Gasteiger partial charge in [-0.1, -0.05) is 6.07 Å². The first-order chi connectivity index (χ1) is 13.7. The van der Waals surface area contributed by atoms with Crippen LogP contribution in [0.15, 0.2) is 40.8 Å². The molecule has 1 atom stereocenters. The zero-order chi connectivity index (χ0) is 19.3. The van der Waals surface area contributed by atoms with Gasteiger partial charge in [0, 0.05) is 43.3 Å². The van der Waals surface area contributed by atoms with Gasteiger partial charge in [-0.05, 0) is 49.4 Å². The summed E-state index contributed by atoms with van der Waals surface area (Å²) in [6.07, 6.45) is 3.13. The van der Waals surface area contributed by atoms with Crippen molar-refractivity contribution in [2.24, 2.45) is 4.99 Å². The summed E-state index contributed by atoms with van der Waals surface area (Å²) in [6.45, 7) is 8.68. The van der Waals surface area contributed by atoms with Crippen LogP contribution in [0.25, 0.3) is 5.65 Å². The zero-order valence-corrected chi connectivity index (χ0v) is 17.2. The number of nitrogens with one attached hydrogen (secondary N) is 2. The third-order valence-corrected chi connectivity index (χ3v) is 6.16. The monoisotopic (exact) mass is 397 g/mol. The molecule has 0 spiro atoms. The molecule has 0 bridgehead atoms. The minimum absolute atomic E-state index is 0.436. The van der Waals surface area contributed by atoms with Crippen LogP contribution in [-0.4, -0.2) is 51.1 Å². The highest BCUT2D eigenvalue weighted by Gasteiger charge is 2.21. The van der Waals surface area contributed by atoms with Crippen molar-refractivity contribution in [3.8, 4) is 0 Å². The van der Waals surface area contributed by atoms with E-state index < -0.39 is 0 Å². The molecule has 1 aliphatic rings. The summed E-state index contributed by atoms with van der Waals surface area (Å²) in [5, 5.41) is 17.5. The highest BCUT2D eigenvalue weighted by molar-refractivity contribution is 7.10. The summed E-state index contributed by atoms with van der Waals surface area (Å²) >= 11 is 1.89. The lowest BCUT2D eigenvalue weighted by molar-refractivity contribution is 0.192. The van der Waals surface area contributed by atoms with Crippen LogP contribution in [0.3, 0.4) is 0 Å². The van der Waals surface area contributed by atoms with Gasteiger partial charge in [-0.15, -0.1) is 21.5 Å². The quantitative estimate of drug-likeness (QED) is 0.493. The third-order valence-electron chi connectivity index (χ3n) is 5.13. The molecule has 3 aromatic heterocycles. The first kappa shape index (κ1) is 18.9. The molecule has 0 aliphatic carbocycles. The van der Waals surface area contributed by atoms with Crippen LogP contribution >= 0.6 is 11.3 Å². The van der Waals surface area contributed by atoms with Crippen molar-refractivity contribution in [2.75, 3.05) is 19.6 Å². The van der Waals surface area contributed by atoms with Crippen LogP contribution in [0.4, 0.5) is 0 Å². The lowest BCUT2D eigenvalue weighted by atomic mass is 10.1. The molecule has 7 nitrogen and oxygen atoms in total. The van der Waals surface area contributed by atoms with Crippen molar-refractivity contribution in [1.29, 1.82) is 0 Å². The highest BCUT2D eigenvalue weighted by Crippen LogP contribution is 2.24. The molecule has 0 amide bonds.